The number of benzene rings is 1. The molecule has 0 bridgehead atoms. The average molecular weight is 182 g/mol. The summed E-state index contributed by atoms with van der Waals surface area (Å²) in [5.41, 5.74) is 2.85. The van der Waals surface area contributed by atoms with E-state index in [1.54, 1.807) is 0 Å². The Morgan fingerprint density at radius 3 is 1.18 bits per heavy atom. The number of hydrogen-bond acceptors (Lipinski definition) is 2. The zero-order valence-electron chi connectivity index (χ0n) is 5.02. The van der Waals surface area contributed by atoms with Crippen LogP contribution in [0.3, 0.4) is 0 Å². The third kappa shape index (κ3) is 3.35. The number of fused-ring (bicyclic) bond motifs is 1. The van der Waals surface area contributed by atoms with E-state index in [0.717, 1.165) is 0 Å². The van der Waals surface area contributed by atoms with Crippen molar-refractivity contribution >= 4 is 40.5 Å². The van der Waals surface area contributed by atoms with Gasteiger partial charge in [0.1, 0.15) is 0 Å². The fraction of sp³-hybridized carbons (Fsp3) is 0. The molecule has 11 heavy (non-hydrogen) atoms. The Bertz CT molecular complexity index is 262. The van der Waals surface area contributed by atoms with Crippen molar-refractivity contribution in [3.05, 3.63) is 24.3 Å². The van der Waals surface area contributed by atoms with Gasteiger partial charge in [-0.25, -0.2) is 8.42 Å². The van der Waals surface area contributed by atoms with Crippen molar-refractivity contribution in [2.24, 2.45) is 0 Å². The largest absolute Gasteiger partial charge is 0.0538 e. The maximum atomic E-state index is 8.59. The monoisotopic (exact) mass is 182 g/mol. The van der Waals surface area contributed by atoms with E-state index in [1.807, 2.05) is 0 Å². The zero-order valence-corrected chi connectivity index (χ0v) is 5.91. The van der Waals surface area contributed by atoms with Gasteiger partial charge in [-0.15, -0.1) is 0 Å². The number of hydrogen-bond donors (Lipinski definition) is 2. The van der Waals surface area contributed by atoms with Gasteiger partial charge in [-0.3, -0.25) is 4.55 Å². The van der Waals surface area contributed by atoms with Gasteiger partial charge < -0.3 is 0 Å². The SMILES string of the molecule is O=[SH](=O)O.[NaH].c1cc2ccc1-2. The van der Waals surface area contributed by atoms with E-state index in [4.69, 9.17) is 13.0 Å². The summed E-state index contributed by atoms with van der Waals surface area (Å²) in [6.45, 7) is 0. The summed E-state index contributed by atoms with van der Waals surface area (Å²) in [4.78, 5) is 0. The van der Waals surface area contributed by atoms with Gasteiger partial charge in [-0.2, -0.15) is 0 Å². The quantitative estimate of drug-likeness (QED) is 0.345. The molecule has 0 heterocycles. The molecule has 2 aliphatic rings. The normalized spacial score (nSPS) is 9.27. The molecule has 1 N–H and O–H groups in total. The molecular formula is C6H7NaO3S. The zero-order chi connectivity index (χ0) is 7.56. The van der Waals surface area contributed by atoms with Crippen LogP contribution < -0.4 is 0 Å². The molecule has 0 atom stereocenters. The topological polar surface area (TPSA) is 54.4 Å². The van der Waals surface area contributed by atoms with Crippen LogP contribution in [-0.4, -0.2) is 42.5 Å². The molecule has 2 aliphatic carbocycles. The molecule has 0 radical (unpaired) electrons. The van der Waals surface area contributed by atoms with Crippen molar-refractivity contribution in [3.8, 4) is 11.1 Å². The second-order valence-electron chi connectivity index (χ2n) is 1.82. The summed E-state index contributed by atoms with van der Waals surface area (Å²) in [6, 6.07) is 8.48. The van der Waals surface area contributed by atoms with E-state index in [2.05, 4.69) is 24.3 Å². The first-order valence-electron chi connectivity index (χ1n) is 2.64. The van der Waals surface area contributed by atoms with E-state index in [1.165, 1.54) is 11.1 Å². The molecule has 0 aromatic rings. The molecule has 0 aromatic heterocycles. The van der Waals surface area contributed by atoms with Crippen LogP contribution in [0.25, 0.3) is 11.1 Å². The van der Waals surface area contributed by atoms with Crippen molar-refractivity contribution in [2.45, 2.75) is 0 Å². The van der Waals surface area contributed by atoms with Crippen LogP contribution in [0.15, 0.2) is 24.3 Å². The van der Waals surface area contributed by atoms with Crippen molar-refractivity contribution in [3.63, 3.8) is 0 Å². The molecule has 3 nitrogen and oxygen atoms in total. The Hall–Kier alpha value is 0.130. The smallest absolute Gasteiger partial charge is 0.0184 e. The van der Waals surface area contributed by atoms with Gasteiger partial charge in [0.05, 0.1) is 0 Å². The fourth-order valence-corrected chi connectivity index (χ4v) is 0.663. The molecule has 56 valence electrons. The van der Waals surface area contributed by atoms with E-state index < -0.39 is 11.0 Å². The standard InChI is InChI=1S/C6H4.Na.H2O3S.H/c1-2-6-4-3-5(1)6;;1-4(2)3;/h1-4H;;4H,(H,1,2,3);. The van der Waals surface area contributed by atoms with Crippen LogP contribution in [0.4, 0.5) is 0 Å². The van der Waals surface area contributed by atoms with Crippen molar-refractivity contribution in [1.82, 2.24) is 0 Å². The Balaban J connectivity index is 0.000000183. The predicted octanol–water partition coefficient (Wildman–Crippen LogP) is 0.0893. The summed E-state index contributed by atoms with van der Waals surface area (Å²) in [5.74, 6) is 0. The van der Waals surface area contributed by atoms with E-state index >= 15 is 0 Å². The maximum Gasteiger partial charge on any atom is -0.0184 e. The Morgan fingerprint density at radius 2 is 1.18 bits per heavy atom. The van der Waals surface area contributed by atoms with Crippen LogP contribution in [0.1, 0.15) is 0 Å². The summed E-state index contributed by atoms with van der Waals surface area (Å²) < 4.78 is 24.2. The van der Waals surface area contributed by atoms with Gasteiger partial charge in [-0.05, 0) is 11.1 Å². The van der Waals surface area contributed by atoms with Gasteiger partial charge in [0.15, 0.2) is 0 Å². The summed E-state index contributed by atoms with van der Waals surface area (Å²) >= 11 is 0. The first-order chi connectivity index (χ1) is 4.70. The molecule has 0 fully saturated rings. The van der Waals surface area contributed by atoms with Crippen LogP contribution in [-0.2, 0) is 11.0 Å². The van der Waals surface area contributed by atoms with Crippen molar-refractivity contribution < 1.29 is 13.0 Å². The van der Waals surface area contributed by atoms with Crippen LogP contribution >= 0.6 is 0 Å². The second kappa shape index (κ2) is 4.90. The average Bonchev–Trinajstić information content (AvgIpc) is 1.77. The summed E-state index contributed by atoms with van der Waals surface area (Å²) in [6.07, 6.45) is 0. The molecule has 0 unspecified atom stereocenters. The van der Waals surface area contributed by atoms with E-state index in [9.17, 15) is 0 Å². The van der Waals surface area contributed by atoms with Crippen molar-refractivity contribution in [2.75, 3.05) is 0 Å². The number of rotatable bonds is 0. The van der Waals surface area contributed by atoms with Crippen LogP contribution in [0.5, 0.6) is 0 Å². The molecule has 0 saturated carbocycles. The predicted molar refractivity (Wildman–Crippen MR) is 45.5 cm³/mol. The molecule has 0 saturated heterocycles. The molecule has 0 aromatic carbocycles. The maximum absolute atomic E-state index is 8.59. The molecule has 0 spiro atoms. The third-order valence-electron chi connectivity index (χ3n) is 1.22. The Labute approximate surface area is 88.5 Å². The molecular weight excluding hydrogens is 175 g/mol. The molecule has 2 rings (SSSR count). The van der Waals surface area contributed by atoms with Crippen molar-refractivity contribution in [1.29, 1.82) is 0 Å². The second-order valence-corrected chi connectivity index (χ2v) is 2.29. The van der Waals surface area contributed by atoms with E-state index in [-0.39, 0.29) is 29.6 Å². The minimum Gasteiger partial charge on any atom is -0.0538 e. The van der Waals surface area contributed by atoms with Gasteiger partial charge in [0.25, 0.3) is 11.0 Å². The van der Waals surface area contributed by atoms with Gasteiger partial charge in [0.2, 0.25) is 0 Å². The first kappa shape index (κ1) is 11.1. The van der Waals surface area contributed by atoms with E-state index in [0.29, 0.717) is 0 Å². The van der Waals surface area contributed by atoms with Gasteiger partial charge >= 0.3 is 29.6 Å². The van der Waals surface area contributed by atoms with Gasteiger partial charge in [0, 0.05) is 0 Å². The molecule has 0 amide bonds. The third-order valence-corrected chi connectivity index (χ3v) is 1.22. The van der Waals surface area contributed by atoms with Crippen LogP contribution in [0, 0.1) is 0 Å². The van der Waals surface area contributed by atoms with Crippen LogP contribution in [0.2, 0.25) is 0 Å². The van der Waals surface area contributed by atoms with Gasteiger partial charge in [-0.1, -0.05) is 24.3 Å². The Kier molecular flexibility index (Phi) is 4.96. The molecule has 0 aliphatic heterocycles. The fourth-order valence-electron chi connectivity index (χ4n) is 0.663. The summed E-state index contributed by atoms with van der Waals surface area (Å²) in [5, 5.41) is 0. The number of thiol groups is 1. The summed E-state index contributed by atoms with van der Waals surface area (Å²) in [7, 11) is -3.12. The minimum absolute atomic E-state index is 0. The first-order valence-corrected chi connectivity index (χ1v) is 3.77. The minimum atomic E-state index is -3.12. The Morgan fingerprint density at radius 1 is 1.00 bits per heavy atom. The molecule has 5 heteroatoms.